The van der Waals surface area contributed by atoms with Crippen LogP contribution in [0.3, 0.4) is 0 Å². The highest BCUT2D eigenvalue weighted by molar-refractivity contribution is 7.99. The zero-order valence-electron chi connectivity index (χ0n) is 8.98. The van der Waals surface area contributed by atoms with Gasteiger partial charge in [0.15, 0.2) is 0 Å². The summed E-state index contributed by atoms with van der Waals surface area (Å²) < 4.78 is 0. The van der Waals surface area contributed by atoms with Crippen LogP contribution in [0.15, 0.2) is 5.16 Å². The highest BCUT2D eigenvalue weighted by Gasteiger charge is 2.10. The summed E-state index contributed by atoms with van der Waals surface area (Å²) in [6.45, 7) is 3.96. The fraction of sp³-hybridized carbons (Fsp3) is 0.500. The molecule has 0 saturated heterocycles. The van der Waals surface area contributed by atoms with E-state index in [1.54, 1.807) is 0 Å². The van der Waals surface area contributed by atoms with E-state index in [1.807, 2.05) is 19.2 Å². The molecule has 1 aromatic rings. The van der Waals surface area contributed by atoms with Crippen molar-refractivity contribution >= 4 is 23.7 Å². The quantitative estimate of drug-likeness (QED) is 0.654. The van der Waals surface area contributed by atoms with E-state index in [0.29, 0.717) is 5.16 Å². The van der Waals surface area contributed by atoms with Crippen molar-refractivity contribution in [1.29, 1.82) is 0 Å². The Bertz CT molecular complexity index is 390. The number of amides is 3. The number of rotatable bonds is 4. The summed E-state index contributed by atoms with van der Waals surface area (Å²) in [5.74, 6) is 0.603. The highest BCUT2D eigenvalue weighted by Crippen LogP contribution is 2.15. The van der Waals surface area contributed by atoms with Gasteiger partial charge in [0.25, 0.3) is 0 Å². The Kier molecular flexibility index (Phi) is 4.29. The summed E-state index contributed by atoms with van der Waals surface area (Å²) >= 11 is 1.14. The number of thioether (sulfide) groups is 1. The zero-order chi connectivity index (χ0) is 12.1. The van der Waals surface area contributed by atoms with Gasteiger partial charge in [-0.05, 0) is 0 Å². The van der Waals surface area contributed by atoms with Gasteiger partial charge in [0.1, 0.15) is 5.82 Å². The monoisotopic (exact) mass is 243 g/mol. The second kappa shape index (κ2) is 5.50. The predicted molar refractivity (Wildman–Crippen MR) is 58.9 cm³/mol. The van der Waals surface area contributed by atoms with Gasteiger partial charge in [0.2, 0.25) is 11.1 Å². The van der Waals surface area contributed by atoms with Gasteiger partial charge in [-0.2, -0.15) is 0 Å². The van der Waals surface area contributed by atoms with E-state index in [1.165, 1.54) is 0 Å². The van der Waals surface area contributed by atoms with Crippen molar-refractivity contribution in [3.05, 3.63) is 5.82 Å². The first-order valence-electron chi connectivity index (χ1n) is 4.63. The van der Waals surface area contributed by atoms with Crippen LogP contribution in [-0.4, -0.2) is 32.9 Å². The Labute approximate surface area is 96.6 Å². The predicted octanol–water partition coefficient (Wildman–Crippen LogP) is 0.215. The lowest BCUT2D eigenvalue weighted by Crippen LogP contribution is -2.36. The number of aromatic nitrogens is 3. The molecule has 16 heavy (non-hydrogen) atoms. The molecule has 88 valence electrons. The van der Waals surface area contributed by atoms with E-state index < -0.39 is 11.9 Å². The minimum atomic E-state index is -0.858. The number of carbonyl (C=O) groups is 2. The van der Waals surface area contributed by atoms with Crippen LogP contribution in [0.1, 0.15) is 25.6 Å². The summed E-state index contributed by atoms with van der Waals surface area (Å²) in [4.78, 5) is 25.6. The molecule has 0 spiro atoms. The molecule has 3 amide bonds. The number of aromatic amines is 1. The van der Waals surface area contributed by atoms with Crippen LogP contribution in [0, 0.1) is 0 Å². The van der Waals surface area contributed by atoms with Crippen LogP contribution in [0.4, 0.5) is 4.79 Å². The molecule has 8 heteroatoms. The number of hydrogen-bond donors (Lipinski definition) is 3. The van der Waals surface area contributed by atoms with Crippen molar-refractivity contribution in [2.24, 2.45) is 5.73 Å². The van der Waals surface area contributed by atoms with Gasteiger partial charge in [-0.15, -0.1) is 5.10 Å². The Balaban J connectivity index is 2.42. The molecule has 0 aliphatic heterocycles. The van der Waals surface area contributed by atoms with Crippen LogP contribution >= 0.6 is 11.8 Å². The first kappa shape index (κ1) is 12.5. The van der Waals surface area contributed by atoms with Crippen molar-refractivity contribution < 1.29 is 9.59 Å². The molecule has 1 heterocycles. The maximum atomic E-state index is 11.1. The third-order valence-corrected chi connectivity index (χ3v) is 2.47. The van der Waals surface area contributed by atoms with E-state index in [2.05, 4.69) is 15.2 Å². The van der Waals surface area contributed by atoms with E-state index >= 15 is 0 Å². The molecule has 4 N–H and O–H groups in total. The Hall–Kier alpha value is -1.57. The number of hydrogen-bond acceptors (Lipinski definition) is 5. The molecule has 0 aliphatic rings. The molecule has 0 bridgehead atoms. The lowest BCUT2D eigenvalue weighted by molar-refractivity contribution is -0.117. The summed E-state index contributed by atoms with van der Waals surface area (Å²) in [5.41, 5.74) is 4.79. The maximum Gasteiger partial charge on any atom is 0.318 e. The van der Waals surface area contributed by atoms with Crippen LogP contribution in [0.5, 0.6) is 0 Å². The minimum Gasteiger partial charge on any atom is -0.351 e. The minimum absolute atomic E-state index is 0.0539. The van der Waals surface area contributed by atoms with Crippen LogP contribution in [0.25, 0.3) is 0 Å². The smallest absolute Gasteiger partial charge is 0.318 e. The van der Waals surface area contributed by atoms with Gasteiger partial charge < -0.3 is 5.73 Å². The molecule has 0 aliphatic carbocycles. The van der Waals surface area contributed by atoms with Gasteiger partial charge in [0.05, 0.1) is 5.75 Å². The van der Waals surface area contributed by atoms with E-state index in [9.17, 15) is 9.59 Å². The van der Waals surface area contributed by atoms with Crippen molar-refractivity contribution in [3.8, 4) is 0 Å². The molecular formula is C8H13N5O2S. The second-order valence-electron chi connectivity index (χ2n) is 3.36. The highest BCUT2D eigenvalue weighted by atomic mass is 32.2. The molecule has 0 radical (unpaired) electrons. The Morgan fingerprint density at radius 1 is 1.56 bits per heavy atom. The molecule has 0 fully saturated rings. The van der Waals surface area contributed by atoms with Gasteiger partial charge in [-0.25, -0.2) is 9.78 Å². The topological polar surface area (TPSA) is 114 Å². The zero-order valence-corrected chi connectivity index (χ0v) is 9.80. The van der Waals surface area contributed by atoms with Crippen LogP contribution in [-0.2, 0) is 4.79 Å². The number of H-pyrrole nitrogens is 1. The van der Waals surface area contributed by atoms with Crippen LogP contribution < -0.4 is 11.1 Å². The molecule has 0 atom stereocenters. The van der Waals surface area contributed by atoms with E-state index in [0.717, 1.165) is 17.6 Å². The SMILES string of the molecule is CC(C)c1nc(SCC(=O)NC(N)=O)n[nH]1. The first-order chi connectivity index (χ1) is 7.49. The lowest BCUT2D eigenvalue weighted by Gasteiger charge is -1.97. The number of urea groups is 1. The normalized spacial score (nSPS) is 10.4. The van der Waals surface area contributed by atoms with Crippen LogP contribution in [0.2, 0.25) is 0 Å². The van der Waals surface area contributed by atoms with Crippen molar-refractivity contribution in [2.45, 2.75) is 24.9 Å². The summed E-state index contributed by atoms with van der Waals surface area (Å²) in [7, 11) is 0. The van der Waals surface area contributed by atoms with Crippen molar-refractivity contribution in [2.75, 3.05) is 5.75 Å². The molecule has 1 aromatic heterocycles. The Morgan fingerprint density at radius 3 is 2.75 bits per heavy atom. The van der Waals surface area contributed by atoms with Gasteiger partial charge in [-0.3, -0.25) is 15.2 Å². The number of nitrogens with zero attached hydrogens (tertiary/aromatic N) is 2. The average Bonchev–Trinajstić information content (AvgIpc) is 2.61. The molecule has 1 rings (SSSR count). The van der Waals surface area contributed by atoms with Gasteiger partial charge in [-0.1, -0.05) is 25.6 Å². The number of nitrogens with one attached hydrogen (secondary N) is 2. The first-order valence-corrected chi connectivity index (χ1v) is 5.62. The number of primary amides is 1. The van der Waals surface area contributed by atoms with E-state index in [-0.39, 0.29) is 11.7 Å². The maximum absolute atomic E-state index is 11.1. The lowest BCUT2D eigenvalue weighted by atomic mass is 10.2. The molecular weight excluding hydrogens is 230 g/mol. The third-order valence-electron chi connectivity index (χ3n) is 1.62. The number of nitrogens with two attached hydrogens (primary N) is 1. The Morgan fingerprint density at radius 2 is 2.25 bits per heavy atom. The number of imide groups is 1. The summed E-state index contributed by atoms with van der Waals surface area (Å²) in [5, 5.41) is 9.11. The summed E-state index contributed by atoms with van der Waals surface area (Å²) in [6, 6.07) is -0.858. The standard InChI is InChI=1S/C8H13N5O2S/c1-4(2)6-11-8(13-12-6)16-3-5(14)10-7(9)15/h4H,3H2,1-2H3,(H,11,12,13)(H3,9,10,14,15). The molecule has 0 aromatic carbocycles. The van der Waals surface area contributed by atoms with Gasteiger partial charge >= 0.3 is 6.03 Å². The second-order valence-corrected chi connectivity index (χ2v) is 4.30. The van der Waals surface area contributed by atoms with Gasteiger partial charge in [0, 0.05) is 5.92 Å². The third kappa shape index (κ3) is 3.89. The molecule has 7 nitrogen and oxygen atoms in total. The largest absolute Gasteiger partial charge is 0.351 e. The fourth-order valence-electron chi connectivity index (χ4n) is 0.884. The number of carbonyl (C=O) groups excluding carboxylic acids is 2. The summed E-state index contributed by atoms with van der Waals surface area (Å²) in [6.07, 6.45) is 0. The van der Waals surface area contributed by atoms with Crippen molar-refractivity contribution in [3.63, 3.8) is 0 Å². The molecule has 0 unspecified atom stereocenters. The fourth-order valence-corrected chi connectivity index (χ4v) is 1.49. The average molecular weight is 243 g/mol. The van der Waals surface area contributed by atoms with Crippen molar-refractivity contribution in [1.82, 2.24) is 20.5 Å². The van der Waals surface area contributed by atoms with E-state index in [4.69, 9.17) is 5.73 Å². The molecule has 0 saturated carbocycles.